The van der Waals surface area contributed by atoms with E-state index in [9.17, 15) is 9.59 Å². The van der Waals surface area contributed by atoms with Crippen molar-refractivity contribution >= 4 is 11.9 Å². The van der Waals surface area contributed by atoms with Crippen LogP contribution in [-0.2, 0) is 16.0 Å². The molecule has 19 heavy (non-hydrogen) atoms. The molecule has 0 saturated carbocycles. The summed E-state index contributed by atoms with van der Waals surface area (Å²) in [7, 11) is 0. The van der Waals surface area contributed by atoms with Crippen LogP contribution in [0.4, 0.5) is 0 Å². The number of rotatable bonds is 8. The van der Waals surface area contributed by atoms with Crippen LogP contribution in [-0.4, -0.2) is 23.0 Å². The highest BCUT2D eigenvalue weighted by Gasteiger charge is 2.14. The van der Waals surface area contributed by atoms with E-state index < -0.39 is 5.97 Å². The molecule has 1 rings (SSSR count). The number of nitrogens with one attached hydrogen (secondary N) is 1. The van der Waals surface area contributed by atoms with Crippen LogP contribution in [0.15, 0.2) is 30.3 Å². The maximum Gasteiger partial charge on any atom is 0.305 e. The van der Waals surface area contributed by atoms with Crippen LogP contribution in [0, 0.1) is 0 Å². The van der Waals surface area contributed by atoms with Gasteiger partial charge in [-0.05, 0) is 18.4 Å². The van der Waals surface area contributed by atoms with E-state index in [2.05, 4.69) is 5.32 Å². The number of hydrogen-bond acceptors (Lipinski definition) is 2. The molecule has 0 aliphatic carbocycles. The predicted octanol–water partition coefficient (Wildman–Crippen LogP) is 2.38. The van der Waals surface area contributed by atoms with Crippen molar-refractivity contribution in [1.82, 2.24) is 5.32 Å². The van der Waals surface area contributed by atoms with Crippen molar-refractivity contribution in [2.45, 2.75) is 45.1 Å². The second kappa shape index (κ2) is 8.29. The highest BCUT2D eigenvalue weighted by molar-refractivity contribution is 5.77. The van der Waals surface area contributed by atoms with Crippen LogP contribution >= 0.6 is 0 Å². The third-order valence-corrected chi connectivity index (χ3v) is 2.91. The zero-order chi connectivity index (χ0) is 14.1. The molecule has 0 fully saturated rings. The minimum Gasteiger partial charge on any atom is -0.481 e. The Labute approximate surface area is 113 Å². The molecule has 4 nitrogen and oxygen atoms in total. The summed E-state index contributed by atoms with van der Waals surface area (Å²) in [5.41, 5.74) is 1.11. The van der Waals surface area contributed by atoms with Crippen molar-refractivity contribution < 1.29 is 14.7 Å². The van der Waals surface area contributed by atoms with Crippen molar-refractivity contribution in [3.63, 3.8) is 0 Å². The fourth-order valence-corrected chi connectivity index (χ4v) is 1.99. The van der Waals surface area contributed by atoms with Crippen molar-refractivity contribution in [3.8, 4) is 0 Å². The van der Waals surface area contributed by atoms with Gasteiger partial charge in [-0.25, -0.2) is 0 Å². The van der Waals surface area contributed by atoms with Crippen LogP contribution in [0.1, 0.15) is 38.2 Å². The van der Waals surface area contributed by atoms with Gasteiger partial charge in [0.1, 0.15) is 0 Å². The van der Waals surface area contributed by atoms with Gasteiger partial charge in [0.15, 0.2) is 0 Å². The van der Waals surface area contributed by atoms with Gasteiger partial charge < -0.3 is 10.4 Å². The summed E-state index contributed by atoms with van der Waals surface area (Å²) in [6, 6.07) is 9.52. The minimum absolute atomic E-state index is 0.00901. The Kier molecular flexibility index (Phi) is 6.64. The average Bonchev–Trinajstić information content (AvgIpc) is 2.37. The Balaban J connectivity index is 2.37. The number of carbonyl (C=O) groups excluding carboxylic acids is 1. The summed E-state index contributed by atoms with van der Waals surface area (Å²) in [6.07, 6.45) is 2.62. The van der Waals surface area contributed by atoms with Crippen molar-refractivity contribution in [1.29, 1.82) is 0 Å². The molecule has 0 aliphatic heterocycles. The summed E-state index contributed by atoms with van der Waals surface area (Å²) in [6.45, 7) is 1.98. The summed E-state index contributed by atoms with van der Waals surface area (Å²) >= 11 is 0. The van der Waals surface area contributed by atoms with Gasteiger partial charge in [0.25, 0.3) is 0 Å². The van der Waals surface area contributed by atoms with E-state index in [1.165, 1.54) is 0 Å². The summed E-state index contributed by atoms with van der Waals surface area (Å²) in [4.78, 5) is 22.5. The Morgan fingerprint density at radius 2 is 1.95 bits per heavy atom. The molecule has 104 valence electrons. The number of benzene rings is 1. The lowest BCUT2D eigenvalue weighted by Crippen LogP contribution is -2.36. The Morgan fingerprint density at radius 1 is 1.26 bits per heavy atom. The number of aliphatic carboxylic acids is 1. The van der Waals surface area contributed by atoms with E-state index in [1.54, 1.807) is 0 Å². The molecule has 2 N–H and O–H groups in total. The minimum atomic E-state index is -0.873. The average molecular weight is 263 g/mol. The number of hydrogen-bond donors (Lipinski definition) is 2. The van der Waals surface area contributed by atoms with E-state index in [-0.39, 0.29) is 18.4 Å². The van der Waals surface area contributed by atoms with E-state index >= 15 is 0 Å². The van der Waals surface area contributed by atoms with Crippen molar-refractivity contribution in [2.24, 2.45) is 0 Å². The molecule has 1 aromatic rings. The maximum atomic E-state index is 11.8. The van der Waals surface area contributed by atoms with Gasteiger partial charge >= 0.3 is 5.97 Å². The molecule has 4 heteroatoms. The maximum absolute atomic E-state index is 11.8. The third-order valence-electron chi connectivity index (χ3n) is 2.91. The largest absolute Gasteiger partial charge is 0.481 e. The van der Waals surface area contributed by atoms with E-state index in [0.29, 0.717) is 19.3 Å². The first-order chi connectivity index (χ1) is 9.11. The lowest BCUT2D eigenvalue weighted by molar-refractivity contribution is -0.137. The Morgan fingerprint density at radius 3 is 2.53 bits per heavy atom. The number of carboxylic acid groups (broad SMARTS) is 1. The molecule has 0 aliphatic rings. The summed E-state index contributed by atoms with van der Waals surface area (Å²) in [5, 5.41) is 11.6. The quantitative estimate of drug-likeness (QED) is 0.756. The molecule has 0 aromatic heterocycles. The fourth-order valence-electron chi connectivity index (χ4n) is 1.99. The highest BCUT2D eigenvalue weighted by atomic mass is 16.4. The van der Waals surface area contributed by atoms with E-state index in [0.717, 1.165) is 12.0 Å². The molecule has 0 radical (unpaired) electrons. The SMILES string of the molecule is CCCC(CC(=O)O)NC(=O)CCc1ccccc1. The molecule has 0 heterocycles. The zero-order valence-corrected chi connectivity index (χ0v) is 11.3. The second-order valence-corrected chi connectivity index (χ2v) is 4.64. The summed E-state index contributed by atoms with van der Waals surface area (Å²) in [5.74, 6) is -0.953. The van der Waals surface area contributed by atoms with Gasteiger partial charge in [-0.15, -0.1) is 0 Å². The van der Waals surface area contributed by atoms with Crippen LogP contribution in [0.2, 0.25) is 0 Å². The standard InChI is InChI=1S/C15H21NO3/c1-2-6-13(11-15(18)19)16-14(17)10-9-12-7-4-3-5-8-12/h3-5,7-8,13H,2,6,9-11H2,1H3,(H,16,17)(H,18,19). The molecule has 1 unspecified atom stereocenters. The normalized spacial score (nSPS) is 11.8. The molecule has 0 bridgehead atoms. The van der Waals surface area contributed by atoms with E-state index in [4.69, 9.17) is 5.11 Å². The first-order valence-corrected chi connectivity index (χ1v) is 6.67. The predicted molar refractivity (Wildman–Crippen MR) is 73.9 cm³/mol. The van der Waals surface area contributed by atoms with Crippen LogP contribution < -0.4 is 5.32 Å². The topological polar surface area (TPSA) is 66.4 Å². The molecule has 0 spiro atoms. The lowest BCUT2D eigenvalue weighted by atomic mass is 10.1. The number of carbonyl (C=O) groups is 2. The molecular weight excluding hydrogens is 242 g/mol. The Hall–Kier alpha value is -1.84. The van der Waals surface area contributed by atoms with Gasteiger partial charge in [0.05, 0.1) is 6.42 Å². The first-order valence-electron chi connectivity index (χ1n) is 6.67. The van der Waals surface area contributed by atoms with Crippen LogP contribution in [0.3, 0.4) is 0 Å². The molecule has 1 amide bonds. The monoisotopic (exact) mass is 263 g/mol. The first kappa shape index (κ1) is 15.2. The summed E-state index contributed by atoms with van der Waals surface area (Å²) < 4.78 is 0. The van der Waals surface area contributed by atoms with Crippen molar-refractivity contribution in [3.05, 3.63) is 35.9 Å². The molecule has 1 aromatic carbocycles. The van der Waals surface area contributed by atoms with Gasteiger partial charge in [-0.2, -0.15) is 0 Å². The lowest BCUT2D eigenvalue weighted by Gasteiger charge is -2.16. The smallest absolute Gasteiger partial charge is 0.305 e. The van der Waals surface area contributed by atoms with Crippen LogP contribution in [0.25, 0.3) is 0 Å². The third kappa shape index (κ3) is 6.60. The van der Waals surface area contributed by atoms with Gasteiger partial charge in [0, 0.05) is 12.5 Å². The highest BCUT2D eigenvalue weighted by Crippen LogP contribution is 2.05. The fraction of sp³-hybridized carbons (Fsp3) is 0.467. The van der Waals surface area contributed by atoms with E-state index in [1.807, 2.05) is 37.3 Å². The Bertz CT molecular complexity index is 403. The van der Waals surface area contributed by atoms with Gasteiger partial charge in [-0.3, -0.25) is 9.59 Å². The van der Waals surface area contributed by atoms with Crippen LogP contribution in [0.5, 0.6) is 0 Å². The molecule has 0 saturated heterocycles. The number of carboxylic acids is 1. The van der Waals surface area contributed by atoms with Gasteiger partial charge in [-0.1, -0.05) is 43.7 Å². The second-order valence-electron chi connectivity index (χ2n) is 4.64. The number of aryl methyl sites for hydroxylation is 1. The molecular formula is C15H21NO3. The van der Waals surface area contributed by atoms with Gasteiger partial charge in [0.2, 0.25) is 5.91 Å². The number of amides is 1. The van der Waals surface area contributed by atoms with Crippen molar-refractivity contribution in [2.75, 3.05) is 0 Å². The molecule has 1 atom stereocenters. The zero-order valence-electron chi connectivity index (χ0n) is 11.3.